The Morgan fingerprint density at radius 3 is 2.62 bits per heavy atom. The molecule has 3 aromatic rings. The zero-order valence-electron chi connectivity index (χ0n) is 16.7. The fraction of sp³-hybridized carbons (Fsp3) is 0.292. The molecule has 5 nitrogen and oxygen atoms in total. The average molecular weight is 389 g/mol. The fourth-order valence-electron chi connectivity index (χ4n) is 3.93. The number of hydrogen-bond donors (Lipinski definition) is 2. The minimum absolute atomic E-state index is 0.379. The molecule has 0 radical (unpaired) electrons. The summed E-state index contributed by atoms with van der Waals surface area (Å²) in [7, 11) is 0. The Balaban J connectivity index is 1.65. The molecule has 1 fully saturated rings. The number of ether oxygens (including phenoxy) is 1. The monoisotopic (exact) mass is 389 g/mol. The normalized spacial score (nSPS) is 14.5. The van der Waals surface area contributed by atoms with Gasteiger partial charge in [0.05, 0.1) is 11.3 Å². The molecule has 1 amide bonds. The summed E-state index contributed by atoms with van der Waals surface area (Å²) in [5.41, 5.74) is 8.93. The van der Waals surface area contributed by atoms with Crippen LogP contribution >= 0.6 is 0 Å². The summed E-state index contributed by atoms with van der Waals surface area (Å²) in [5.74, 6) is 1.12. The third kappa shape index (κ3) is 4.29. The second kappa shape index (κ2) is 8.43. The van der Waals surface area contributed by atoms with Gasteiger partial charge in [-0.3, -0.25) is 9.36 Å². The van der Waals surface area contributed by atoms with Gasteiger partial charge in [0, 0.05) is 24.0 Å². The second-order valence-corrected chi connectivity index (χ2v) is 7.66. The molecule has 2 aromatic carbocycles. The Hall–Kier alpha value is -3.21. The summed E-state index contributed by atoms with van der Waals surface area (Å²) >= 11 is 0. The Kier molecular flexibility index (Phi) is 5.56. The minimum Gasteiger partial charge on any atom is -0.440 e. The van der Waals surface area contributed by atoms with Crippen molar-refractivity contribution in [1.82, 2.24) is 4.57 Å². The number of nitrogens with zero attached hydrogens (tertiary/aromatic N) is 1. The molecule has 1 aromatic heterocycles. The number of amides is 1. The topological polar surface area (TPSA) is 69.3 Å². The number of aromatic nitrogens is 1. The first-order valence-electron chi connectivity index (χ1n) is 10.2. The van der Waals surface area contributed by atoms with Gasteiger partial charge in [-0.1, -0.05) is 37.5 Å². The van der Waals surface area contributed by atoms with Gasteiger partial charge in [-0.25, -0.2) is 0 Å². The summed E-state index contributed by atoms with van der Waals surface area (Å²) in [6, 6.07) is 17.9. The lowest BCUT2D eigenvalue weighted by Gasteiger charge is -2.25. The maximum absolute atomic E-state index is 12.0. The third-order valence-electron chi connectivity index (χ3n) is 5.53. The standard InChI is InChI=1S/C24H27N3O2/c1-17-8-5-6-11-22(17)29-23-12-7-15-27(23)19-13-14-20(24(25)28)21(16-19)26-18-9-3-2-4-10-18/h5-8,11-16,18,26H,2-4,9-10H2,1H3,(H2,25,28). The molecular weight excluding hydrogens is 362 g/mol. The van der Waals surface area contributed by atoms with Crippen molar-refractivity contribution in [2.24, 2.45) is 5.73 Å². The predicted molar refractivity (Wildman–Crippen MR) is 116 cm³/mol. The van der Waals surface area contributed by atoms with Crippen LogP contribution in [0.25, 0.3) is 5.69 Å². The summed E-state index contributed by atoms with van der Waals surface area (Å²) in [4.78, 5) is 12.0. The second-order valence-electron chi connectivity index (χ2n) is 7.66. The van der Waals surface area contributed by atoms with Gasteiger partial charge in [0.15, 0.2) is 0 Å². The van der Waals surface area contributed by atoms with Gasteiger partial charge < -0.3 is 15.8 Å². The molecule has 1 aliphatic carbocycles. The maximum Gasteiger partial charge on any atom is 0.250 e. The molecule has 150 valence electrons. The van der Waals surface area contributed by atoms with E-state index in [0.717, 1.165) is 41.4 Å². The first kappa shape index (κ1) is 19.1. The van der Waals surface area contributed by atoms with E-state index < -0.39 is 5.91 Å². The maximum atomic E-state index is 12.0. The van der Waals surface area contributed by atoms with Crippen LogP contribution in [-0.2, 0) is 0 Å². The Bertz CT molecular complexity index is 1000. The molecule has 0 aliphatic heterocycles. The SMILES string of the molecule is Cc1ccccc1Oc1cccn1-c1ccc(C(N)=O)c(NC2CCCCC2)c1. The van der Waals surface area contributed by atoms with E-state index in [1.54, 1.807) is 6.07 Å². The quantitative estimate of drug-likeness (QED) is 0.591. The van der Waals surface area contributed by atoms with Crippen LogP contribution in [0.15, 0.2) is 60.8 Å². The van der Waals surface area contributed by atoms with E-state index in [-0.39, 0.29) is 0 Å². The molecule has 29 heavy (non-hydrogen) atoms. The number of nitrogens with one attached hydrogen (secondary N) is 1. The lowest BCUT2D eigenvalue weighted by molar-refractivity contribution is 0.100. The van der Waals surface area contributed by atoms with Crippen LogP contribution in [0.1, 0.15) is 48.0 Å². The number of anilines is 1. The molecule has 0 bridgehead atoms. The zero-order valence-corrected chi connectivity index (χ0v) is 16.7. The van der Waals surface area contributed by atoms with Crippen LogP contribution in [0.3, 0.4) is 0 Å². The molecule has 1 heterocycles. The third-order valence-corrected chi connectivity index (χ3v) is 5.53. The van der Waals surface area contributed by atoms with Crippen LogP contribution in [0.5, 0.6) is 11.6 Å². The van der Waals surface area contributed by atoms with Crippen molar-refractivity contribution in [2.45, 2.75) is 45.1 Å². The van der Waals surface area contributed by atoms with E-state index >= 15 is 0 Å². The van der Waals surface area contributed by atoms with Crippen LogP contribution in [0.4, 0.5) is 5.69 Å². The van der Waals surface area contributed by atoms with Gasteiger partial charge in [0.1, 0.15) is 5.75 Å². The molecule has 4 rings (SSSR count). The average Bonchev–Trinajstić information content (AvgIpc) is 3.18. The van der Waals surface area contributed by atoms with Crippen molar-refractivity contribution in [3.05, 3.63) is 71.9 Å². The van der Waals surface area contributed by atoms with Crippen LogP contribution < -0.4 is 15.8 Å². The van der Waals surface area contributed by atoms with Crippen LogP contribution in [0.2, 0.25) is 0 Å². The molecule has 0 spiro atoms. The van der Waals surface area contributed by atoms with Crippen molar-refractivity contribution >= 4 is 11.6 Å². The van der Waals surface area contributed by atoms with E-state index in [0.29, 0.717) is 11.6 Å². The van der Waals surface area contributed by atoms with Crippen LogP contribution in [0, 0.1) is 6.92 Å². The first-order valence-corrected chi connectivity index (χ1v) is 10.2. The van der Waals surface area contributed by atoms with E-state index in [9.17, 15) is 4.79 Å². The highest BCUT2D eigenvalue weighted by Gasteiger charge is 2.17. The fourth-order valence-corrected chi connectivity index (χ4v) is 3.93. The van der Waals surface area contributed by atoms with E-state index in [4.69, 9.17) is 10.5 Å². The van der Waals surface area contributed by atoms with Gasteiger partial charge in [-0.05, 0) is 55.7 Å². The summed E-state index contributed by atoms with van der Waals surface area (Å²) in [6.45, 7) is 2.02. The number of carbonyl (C=O) groups is 1. The highest BCUT2D eigenvalue weighted by molar-refractivity contribution is 5.99. The number of aryl methyl sites for hydroxylation is 1. The lowest BCUT2D eigenvalue weighted by atomic mass is 9.95. The molecule has 3 N–H and O–H groups in total. The highest BCUT2D eigenvalue weighted by atomic mass is 16.5. The molecule has 5 heteroatoms. The van der Waals surface area contributed by atoms with Crippen LogP contribution in [-0.4, -0.2) is 16.5 Å². The first-order chi connectivity index (χ1) is 14.1. The Morgan fingerprint density at radius 1 is 1.07 bits per heavy atom. The number of nitrogens with two attached hydrogens (primary N) is 1. The van der Waals surface area contributed by atoms with Gasteiger partial charge in [0.25, 0.3) is 5.91 Å². The van der Waals surface area contributed by atoms with Gasteiger partial charge >= 0.3 is 0 Å². The van der Waals surface area contributed by atoms with Gasteiger partial charge in [-0.15, -0.1) is 0 Å². The van der Waals surface area contributed by atoms with Gasteiger partial charge in [-0.2, -0.15) is 0 Å². The van der Waals surface area contributed by atoms with Crippen molar-refractivity contribution in [2.75, 3.05) is 5.32 Å². The lowest BCUT2D eigenvalue weighted by Crippen LogP contribution is -2.24. The molecule has 0 atom stereocenters. The van der Waals surface area contributed by atoms with Crippen molar-refractivity contribution < 1.29 is 9.53 Å². The number of rotatable bonds is 6. The summed E-state index contributed by atoms with van der Waals surface area (Å²) in [5, 5.41) is 3.56. The largest absolute Gasteiger partial charge is 0.440 e. The minimum atomic E-state index is -0.418. The van der Waals surface area contributed by atoms with Crippen molar-refractivity contribution in [3.8, 4) is 17.3 Å². The van der Waals surface area contributed by atoms with Crippen molar-refractivity contribution in [3.63, 3.8) is 0 Å². The molecule has 1 aliphatic rings. The number of para-hydroxylation sites is 1. The molecule has 1 saturated carbocycles. The van der Waals surface area contributed by atoms with E-state index in [1.807, 2.05) is 66.2 Å². The smallest absolute Gasteiger partial charge is 0.250 e. The van der Waals surface area contributed by atoms with Gasteiger partial charge in [0.2, 0.25) is 5.88 Å². The summed E-state index contributed by atoms with van der Waals surface area (Å²) in [6.07, 6.45) is 7.91. The number of hydrogen-bond acceptors (Lipinski definition) is 3. The highest BCUT2D eigenvalue weighted by Crippen LogP contribution is 2.30. The predicted octanol–water partition coefficient (Wildman–Crippen LogP) is 5.42. The Morgan fingerprint density at radius 2 is 1.86 bits per heavy atom. The van der Waals surface area contributed by atoms with E-state index in [1.165, 1.54) is 19.3 Å². The molecule has 0 unspecified atom stereocenters. The number of carbonyl (C=O) groups excluding carboxylic acids is 1. The number of benzene rings is 2. The molecular formula is C24H27N3O2. The van der Waals surface area contributed by atoms with Crippen molar-refractivity contribution in [1.29, 1.82) is 0 Å². The van der Waals surface area contributed by atoms with E-state index in [2.05, 4.69) is 5.32 Å². The Labute approximate surface area is 171 Å². The zero-order chi connectivity index (χ0) is 20.2. The molecule has 0 saturated heterocycles. The number of primary amides is 1. The summed E-state index contributed by atoms with van der Waals surface area (Å²) < 4.78 is 8.13.